The number of carbonyl (C=O) groups is 2. The minimum absolute atomic E-state index is 0.136. The largest absolute Gasteiger partial charge is 0.481 e. The standard InChI is InChI=1S/C16H22N2O3/c1-3-12-6-4-5-11(2)14(12)17-16(21)18-9-7-13(8-10-18)15(19)20/h4-6,13H,3,7-10H2,1-2H3,(H,17,21)(H,19,20). The first-order valence-electron chi connectivity index (χ1n) is 7.40. The molecule has 1 aliphatic heterocycles. The number of rotatable bonds is 3. The van der Waals surface area contributed by atoms with Crippen LogP contribution in [0.15, 0.2) is 18.2 Å². The van der Waals surface area contributed by atoms with Crippen LogP contribution in [0.1, 0.15) is 30.9 Å². The fourth-order valence-corrected chi connectivity index (χ4v) is 2.72. The molecule has 2 amide bonds. The minimum atomic E-state index is -0.762. The van der Waals surface area contributed by atoms with Crippen LogP contribution in [0.3, 0.4) is 0 Å². The summed E-state index contributed by atoms with van der Waals surface area (Å²) in [5.41, 5.74) is 3.04. The van der Waals surface area contributed by atoms with Crippen molar-refractivity contribution in [3.63, 3.8) is 0 Å². The zero-order chi connectivity index (χ0) is 15.4. The normalized spacial score (nSPS) is 15.8. The van der Waals surface area contributed by atoms with Gasteiger partial charge in [0, 0.05) is 18.8 Å². The molecule has 0 bridgehead atoms. The summed E-state index contributed by atoms with van der Waals surface area (Å²) in [6.45, 7) is 5.03. The van der Waals surface area contributed by atoms with Crippen molar-refractivity contribution in [2.24, 2.45) is 5.92 Å². The number of aryl methyl sites for hydroxylation is 2. The Morgan fingerprint density at radius 3 is 2.57 bits per heavy atom. The molecule has 0 atom stereocenters. The summed E-state index contributed by atoms with van der Waals surface area (Å²) >= 11 is 0. The van der Waals surface area contributed by atoms with Crippen LogP contribution in [-0.4, -0.2) is 35.1 Å². The second-order valence-electron chi connectivity index (χ2n) is 5.49. The van der Waals surface area contributed by atoms with Crippen LogP contribution < -0.4 is 5.32 Å². The average Bonchev–Trinajstić information content (AvgIpc) is 2.49. The Morgan fingerprint density at radius 1 is 1.33 bits per heavy atom. The molecule has 5 heteroatoms. The van der Waals surface area contributed by atoms with E-state index in [0.29, 0.717) is 25.9 Å². The number of aliphatic carboxylic acids is 1. The molecule has 1 heterocycles. The Balaban J connectivity index is 2.01. The molecule has 21 heavy (non-hydrogen) atoms. The quantitative estimate of drug-likeness (QED) is 0.899. The number of carboxylic acid groups (broad SMARTS) is 1. The number of nitrogens with zero attached hydrogens (tertiary/aromatic N) is 1. The molecule has 1 aromatic rings. The number of carbonyl (C=O) groups excluding carboxylic acids is 1. The van der Waals surface area contributed by atoms with Crippen LogP contribution in [0.25, 0.3) is 0 Å². The molecule has 0 saturated carbocycles. The molecular weight excluding hydrogens is 268 g/mol. The maximum Gasteiger partial charge on any atom is 0.321 e. The Kier molecular flexibility index (Phi) is 4.83. The van der Waals surface area contributed by atoms with Crippen LogP contribution in [0.5, 0.6) is 0 Å². The number of amides is 2. The van der Waals surface area contributed by atoms with Gasteiger partial charge in [-0.1, -0.05) is 25.1 Å². The zero-order valence-electron chi connectivity index (χ0n) is 12.6. The number of benzene rings is 1. The number of hydrogen-bond donors (Lipinski definition) is 2. The highest BCUT2D eigenvalue weighted by Gasteiger charge is 2.27. The summed E-state index contributed by atoms with van der Waals surface area (Å²) in [5.74, 6) is -1.08. The molecule has 1 fully saturated rings. The number of hydrogen-bond acceptors (Lipinski definition) is 2. The summed E-state index contributed by atoms with van der Waals surface area (Å²) < 4.78 is 0. The SMILES string of the molecule is CCc1cccc(C)c1NC(=O)N1CCC(C(=O)O)CC1. The smallest absolute Gasteiger partial charge is 0.321 e. The molecule has 0 radical (unpaired) electrons. The number of para-hydroxylation sites is 1. The Bertz CT molecular complexity index is 534. The highest BCUT2D eigenvalue weighted by Crippen LogP contribution is 2.23. The summed E-state index contributed by atoms with van der Waals surface area (Å²) in [4.78, 5) is 25.0. The van der Waals surface area contributed by atoms with E-state index in [1.807, 2.05) is 25.1 Å². The second kappa shape index (κ2) is 6.61. The van der Waals surface area contributed by atoms with E-state index in [-0.39, 0.29) is 11.9 Å². The monoisotopic (exact) mass is 290 g/mol. The number of piperidine rings is 1. The van der Waals surface area contributed by atoms with E-state index in [2.05, 4.69) is 12.2 Å². The van der Waals surface area contributed by atoms with Crippen molar-refractivity contribution >= 4 is 17.7 Å². The lowest BCUT2D eigenvalue weighted by atomic mass is 9.97. The third-order valence-corrected chi connectivity index (χ3v) is 4.10. The van der Waals surface area contributed by atoms with Crippen LogP contribution >= 0.6 is 0 Å². The van der Waals surface area contributed by atoms with Crippen molar-refractivity contribution in [3.05, 3.63) is 29.3 Å². The summed E-state index contributed by atoms with van der Waals surface area (Å²) in [6, 6.07) is 5.84. The van der Waals surface area contributed by atoms with Gasteiger partial charge in [0.2, 0.25) is 0 Å². The molecule has 1 saturated heterocycles. The maximum atomic E-state index is 12.3. The second-order valence-corrected chi connectivity index (χ2v) is 5.49. The van der Waals surface area contributed by atoms with Crippen molar-refractivity contribution in [2.75, 3.05) is 18.4 Å². The number of likely N-dealkylation sites (tertiary alicyclic amines) is 1. The highest BCUT2D eigenvalue weighted by atomic mass is 16.4. The van der Waals surface area contributed by atoms with Crippen molar-refractivity contribution in [1.82, 2.24) is 4.90 Å². The van der Waals surface area contributed by atoms with Gasteiger partial charge in [-0.2, -0.15) is 0 Å². The minimum Gasteiger partial charge on any atom is -0.481 e. The third-order valence-electron chi connectivity index (χ3n) is 4.10. The van der Waals surface area contributed by atoms with Crippen LogP contribution in [0, 0.1) is 12.8 Å². The van der Waals surface area contributed by atoms with Crippen LogP contribution in [-0.2, 0) is 11.2 Å². The third kappa shape index (κ3) is 3.54. The summed E-state index contributed by atoms with van der Waals surface area (Å²) in [6.07, 6.45) is 1.91. The Hall–Kier alpha value is -2.04. The van der Waals surface area contributed by atoms with Gasteiger partial charge in [-0.05, 0) is 37.3 Å². The fraction of sp³-hybridized carbons (Fsp3) is 0.500. The molecule has 0 unspecified atom stereocenters. The van der Waals surface area contributed by atoms with Gasteiger partial charge in [0.05, 0.1) is 5.92 Å². The van der Waals surface area contributed by atoms with Gasteiger partial charge in [0.1, 0.15) is 0 Å². The highest BCUT2D eigenvalue weighted by molar-refractivity contribution is 5.91. The van der Waals surface area contributed by atoms with Gasteiger partial charge in [0.25, 0.3) is 0 Å². The van der Waals surface area contributed by atoms with Gasteiger partial charge in [-0.15, -0.1) is 0 Å². The average molecular weight is 290 g/mol. The first-order valence-corrected chi connectivity index (χ1v) is 7.40. The van der Waals surface area contributed by atoms with Crippen molar-refractivity contribution in [2.45, 2.75) is 33.1 Å². The Labute approximate surface area is 125 Å². The molecule has 2 rings (SSSR count). The molecule has 0 aliphatic carbocycles. The molecule has 0 aromatic heterocycles. The van der Waals surface area contributed by atoms with Gasteiger partial charge in [-0.3, -0.25) is 4.79 Å². The van der Waals surface area contributed by atoms with Crippen LogP contribution in [0.4, 0.5) is 10.5 Å². The van der Waals surface area contributed by atoms with E-state index in [0.717, 1.165) is 23.2 Å². The lowest BCUT2D eigenvalue weighted by Crippen LogP contribution is -2.42. The number of carboxylic acids is 1. The predicted octanol–water partition coefficient (Wildman–Crippen LogP) is 2.89. The van der Waals surface area contributed by atoms with Gasteiger partial charge < -0.3 is 15.3 Å². The molecule has 1 aliphatic rings. The summed E-state index contributed by atoms with van der Waals surface area (Å²) in [5, 5.41) is 12.0. The Morgan fingerprint density at radius 2 is 2.00 bits per heavy atom. The van der Waals surface area contributed by atoms with Crippen molar-refractivity contribution in [1.29, 1.82) is 0 Å². The van der Waals surface area contributed by atoms with Crippen LogP contribution in [0.2, 0.25) is 0 Å². The molecule has 0 spiro atoms. The lowest BCUT2D eigenvalue weighted by Gasteiger charge is -2.30. The zero-order valence-corrected chi connectivity index (χ0v) is 12.6. The molecule has 114 valence electrons. The number of anilines is 1. The van der Waals surface area contributed by atoms with E-state index in [1.165, 1.54) is 0 Å². The maximum absolute atomic E-state index is 12.3. The first-order chi connectivity index (χ1) is 10.0. The van der Waals surface area contributed by atoms with E-state index < -0.39 is 5.97 Å². The first kappa shape index (κ1) is 15.4. The van der Waals surface area contributed by atoms with Gasteiger partial charge >= 0.3 is 12.0 Å². The molecule has 2 N–H and O–H groups in total. The van der Waals surface area contributed by atoms with E-state index in [1.54, 1.807) is 4.90 Å². The van der Waals surface area contributed by atoms with Gasteiger partial charge in [0.15, 0.2) is 0 Å². The van der Waals surface area contributed by atoms with Gasteiger partial charge in [-0.25, -0.2) is 4.79 Å². The summed E-state index contributed by atoms with van der Waals surface area (Å²) in [7, 11) is 0. The number of urea groups is 1. The lowest BCUT2D eigenvalue weighted by molar-refractivity contribution is -0.143. The van der Waals surface area contributed by atoms with E-state index in [4.69, 9.17) is 5.11 Å². The molecular formula is C16H22N2O3. The van der Waals surface area contributed by atoms with Crippen molar-refractivity contribution in [3.8, 4) is 0 Å². The van der Waals surface area contributed by atoms with E-state index >= 15 is 0 Å². The number of nitrogens with one attached hydrogen (secondary N) is 1. The molecule has 1 aromatic carbocycles. The fourth-order valence-electron chi connectivity index (χ4n) is 2.72. The molecule has 5 nitrogen and oxygen atoms in total. The topological polar surface area (TPSA) is 69.6 Å². The predicted molar refractivity (Wildman–Crippen MR) is 81.5 cm³/mol. The van der Waals surface area contributed by atoms with E-state index in [9.17, 15) is 9.59 Å². The van der Waals surface area contributed by atoms with Crippen molar-refractivity contribution < 1.29 is 14.7 Å².